The van der Waals surface area contributed by atoms with Crippen LogP contribution in [0.4, 0.5) is 14.5 Å². The van der Waals surface area contributed by atoms with E-state index >= 15 is 0 Å². The first-order valence-electron chi connectivity index (χ1n) is 11.7. The van der Waals surface area contributed by atoms with Crippen LogP contribution in [0.3, 0.4) is 0 Å². The average molecular weight is 517 g/mol. The quantitative estimate of drug-likeness (QED) is 0.473. The molecule has 1 atom stereocenters. The van der Waals surface area contributed by atoms with E-state index < -0.39 is 21.7 Å². The van der Waals surface area contributed by atoms with Crippen molar-refractivity contribution in [2.45, 2.75) is 25.8 Å². The summed E-state index contributed by atoms with van der Waals surface area (Å²) in [4.78, 5) is 19.4. The minimum Gasteiger partial charge on any atom is -0.490 e. The highest BCUT2D eigenvalue weighted by Crippen LogP contribution is 2.36. The van der Waals surface area contributed by atoms with Gasteiger partial charge >= 0.3 is 0 Å². The highest BCUT2D eigenvalue weighted by Gasteiger charge is 2.33. The first-order chi connectivity index (χ1) is 17.2. The summed E-state index contributed by atoms with van der Waals surface area (Å²) < 4.78 is 59.0. The van der Waals surface area contributed by atoms with E-state index in [9.17, 15) is 17.2 Å². The number of halogens is 2. The van der Waals surface area contributed by atoms with Crippen LogP contribution in [0.2, 0.25) is 0 Å². The van der Waals surface area contributed by atoms with Crippen molar-refractivity contribution in [1.82, 2.24) is 24.2 Å². The predicted molar refractivity (Wildman–Crippen MR) is 129 cm³/mol. The second-order valence-electron chi connectivity index (χ2n) is 9.11. The average Bonchev–Trinajstić information content (AvgIpc) is 2.82. The van der Waals surface area contributed by atoms with Crippen molar-refractivity contribution in [1.29, 1.82) is 0 Å². The summed E-state index contributed by atoms with van der Waals surface area (Å²) in [5.41, 5.74) is 2.27. The van der Waals surface area contributed by atoms with Gasteiger partial charge < -0.3 is 9.64 Å². The zero-order valence-corrected chi connectivity index (χ0v) is 20.8. The van der Waals surface area contributed by atoms with E-state index in [0.29, 0.717) is 49.8 Å². The monoisotopic (exact) mass is 516 g/mol. The minimum atomic E-state index is -3.19. The maximum absolute atomic E-state index is 14.5. The summed E-state index contributed by atoms with van der Waals surface area (Å²) in [5, 5.41) is 0. The zero-order valence-electron chi connectivity index (χ0n) is 19.9. The number of hydrogen-bond acceptors (Lipinski definition) is 8. The third-order valence-electron chi connectivity index (χ3n) is 6.66. The van der Waals surface area contributed by atoms with Gasteiger partial charge in [-0.25, -0.2) is 37.0 Å². The lowest BCUT2D eigenvalue weighted by atomic mass is 9.98. The van der Waals surface area contributed by atoms with Gasteiger partial charge in [-0.05, 0) is 25.3 Å². The maximum atomic E-state index is 14.5. The number of aromatic nitrogens is 4. The Morgan fingerprint density at radius 2 is 1.86 bits per heavy atom. The Morgan fingerprint density at radius 1 is 1.11 bits per heavy atom. The topological polar surface area (TPSA) is 101 Å². The van der Waals surface area contributed by atoms with Crippen LogP contribution in [0, 0.1) is 17.6 Å². The van der Waals surface area contributed by atoms with Crippen LogP contribution in [0.25, 0.3) is 11.6 Å². The Morgan fingerprint density at radius 3 is 2.58 bits per heavy atom. The number of anilines is 1. The lowest BCUT2D eigenvalue weighted by molar-refractivity contribution is 0.160. The summed E-state index contributed by atoms with van der Waals surface area (Å²) in [6.45, 7) is 3.52. The number of rotatable bonds is 7. The van der Waals surface area contributed by atoms with Crippen LogP contribution in [-0.4, -0.2) is 65.2 Å². The molecule has 1 fully saturated rings. The smallest absolute Gasteiger partial charge is 0.211 e. The molecular weight excluding hydrogens is 490 g/mol. The molecule has 2 aliphatic heterocycles. The van der Waals surface area contributed by atoms with Gasteiger partial charge in [-0.2, -0.15) is 4.39 Å². The molecule has 0 N–H and O–H groups in total. The number of hydrogen-bond donors (Lipinski definition) is 0. The van der Waals surface area contributed by atoms with Crippen molar-refractivity contribution in [3.8, 4) is 17.4 Å². The van der Waals surface area contributed by atoms with E-state index in [-0.39, 0.29) is 24.3 Å². The fourth-order valence-corrected chi connectivity index (χ4v) is 5.53. The summed E-state index contributed by atoms with van der Waals surface area (Å²) in [6.07, 6.45) is 7.32. The van der Waals surface area contributed by atoms with Crippen molar-refractivity contribution in [3.63, 3.8) is 0 Å². The van der Waals surface area contributed by atoms with Crippen LogP contribution < -0.4 is 9.64 Å². The Balaban J connectivity index is 1.28. The standard InChI is InChI=1S/C24H26F2N6O3S/c1-15-18-12-29-24(23-27-6-3-7-28-23)30-20(18)4-8-32(15)17-10-19(25)22(26)21(11-17)35-9-5-16-13-31(14-16)36(2,33)34/h3,6-7,10-12,15-16H,4-5,8-9,13-14H2,1-2H3. The van der Waals surface area contributed by atoms with Crippen molar-refractivity contribution < 1.29 is 21.9 Å². The van der Waals surface area contributed by atoms with E-state index in [1.165, 1.54) is 22.7 Å². The van der Waals surface area contributed by atoms with Crippen molar-refractivity contribution in [2.75, 3.05) is 37.4 Å². The molecule has 9 nitrogen and oxygen atoms in total. The number of ether oxygens (including phenoxy) is 1. The van der Waals surface area contributed by atoms with Crippen LogP contribution in [-0.2, 0) is 16.4 Å². The normalized spacial score (nSPS) is 18.6. The molecule has 36 heavy (non-hydrogen) atoms. The van der Waals surface area contributed by atoms with Crippen molar-refractivity contribution in [3.05, 3.63) is 59.7 Å². The molecule has 0 aliphatic carbocycles. The molecule has 0 radical (unpaired) electrons. The predicted octanol–water partition coefficient (Wildman–Crippen LogP) is 3.00. The van der Waals surface area contributed by atoms with Crippen molar-refractivity contribution in [2.24, 2.45) is 5.92 Å². The van der Waals surface area contributed by atoms with E-state index in [2.05, 4.69) is 19.9 Å². The summed E-state index contributed by atoms with van der Waals surface area (Å²) in [7, 11) is -3.19. The molecule has 0 spiro atoms. The Labute approximate surface area is 208 Å². The molecule has 0 amide bonds. The largest absolute Gasteiger partial charge is 0.490 e. The molecule has 1 unspecified atom stereocenters. The second-order valence-corrected chi connectivity index (χ2v) is 11.1. The van der Waals surface area contributed by atoms with Gasteiger partial charge in [-0.3, -0.25) is 0 Å². The SMILES string of the molecule is CC1c2cnc(-c3ncccn3)nc2CCN1c1cc(F)c(F)c(OCCC2CN(S(C)(=O)=O)C2)c1. The van der Waals surface area contributed by atoms with E-state index in [0.717, 1.165) is 11.3 Å². The fraction of sp³-hybridized carbons (Fsp3) is 0.417. The second kappa shape index (κ2) is 9.66. The maximum Gasteiger partial charge on any atom is 0.211 e. The third kappa shape index (κ3) is 4.87. The molecule has 1 saturated heterocycles. The molecule has 2 aliphatic rings. The van der Waals surface area contributed by atoms with Crippen molar-refractivity contribution >= 4 is 15.7 Å². The van der Waals surface area contributed by atoms with Crippen LogP contribution in [0.1, 0.15) is 30.6 Å². The van der Waals surface area contributed by atoms with E-state index in [1.54, 1.807) is 24.7 Å². The van der Waals surface area contributed by atoms with E-state index in [4.69, 9.17) is 4.74 Å². The van der Waals surface area contributed by atoms with Gasteiger partial charge in [-0.1, -0.05) is 0 Å². The van der Waals surface area contributed by atoms with Crippen LogP contribution in [0.5, 0.6) is 5.75 Å². The summed E-state index contributed by atoms with van der Waals surface area (Å²) in [5.74, 6) is -1.14. The zero-order chi connectivity index (χ0) is 25.4. The molecule has 4 heterocycles. The molecule has 190 valence electrons. The highest BCUT2D eigenvalue weighted by molar-refractivity contribution is 7.88. The first-order valence-corrected chi connectivity index (χ1v) is 13.5. The lowest BCUT2D eigenvalue weighted by Crippen LogP contribution is -2.49. The fourth-order valence-electron chi connectivity index (χ4n) is 4.57. The number of sulfonamides is 1. The molecule has 3 aromatic rings. The Bertz CT molecular complexity index is 1370. The lowest BCUT2D eigenvalue weighted by Gasteiger charge is -2.37. The molecule has 2 aromatic heterocycles. The van der Waals surface area contributed by atoms with Crippen LogP contribution in [0.15, 0.2) is 36.8 Å². The van der Waals surface area contributed by atoms with E-state index in [1.807, 2.05) is 11.8 Å². The molecule has 5 rings (SSSR count). The third-order valence-corrected chi connectivity index (χ3v) is 7.90. The number of benzene rings is 1. The molecule has 1 aromatic carbocycles. The number of fused-ring (bicyclic) bond motifs is 1. The minimum absolute atomic E-state index is 0.139. The van der Waals surface area contributed by atoms with Crippen LogP contribution >= 0.6 is 0 Å². The Kier molecular flexibility index (Phi) is 6.56. The first kappa shape index (κ1) is 24.4. The van der Waals surface area contributed by atoms with Gasteiger partial charge in [0.1, 0.15) is 0 Å². The van der Waals surface area contributed by atoms with Gasteiger partial charge in [0.25, 0.3) is 0 Å². The molecule has 0 bridgehead atoms. The van der Waals surface area contributed by atoms with Gasteiger partial charge in [0.05, 0.1) is 24.6 Å². The van der Waals surface area contributed by atoms with Gasteiger partial charge in [0.15, 0.2) is 23.2 Å². The molecular formula is C24H26F2N6O3S. The van der Waals surface area contributed by atoms with Gasteiger partial charge in [-0.15, -0.1) is 0 Å². The van der Waals surface area contributed by atoms with Gasteiger partial charge in [0, 0.05) is 68.0 Å². The summed E-state index contributed by atoms with van der Waals surface area (Å²) >= 11 is 0. The van der Waals surface area contributed by atoms with Gasteiger partial charge in [0.2, 0.25) is 15.8 Å². The number of nitrogens with zero attached hydrogens (tertiary/aromatic N) is 6. The highest BCUT2D eigenvalue weighted by atomic mass is 32.2. The molecule has 12 heteroatoms. The Hall–Kier alpha value is -3.25. The molecule has 0 saturated carbocycles. The summed E-state index contributed by atoms with van der Waals surface area (Å²) in [6, 6.07) is 4.24.